The fraction of sp³-hybridized carbons (Fsp3) is 0.556. The van der Waals surface area contributed by atoms with Gasteiger partial charge in [0.2, 0.25) is 0 Å². The average Bonchev–Trinajstić information content (AvgIpc) is 3.06. The van der Waals surface area contributed by atoms with Crippen LogP contribution in [0.1, 0.15) is 56.4 Å². The molecule has 1 aliphatic rings. The Labute approximate surface area is 136 Å². The van der Waals surface area contributed by atoms with Gasteiger partial charge >= 0.3 is 0 Å². The molecule has 0 atom stereocenters. The molecule has 3 rings (SSSR count). The van der Waals surface area contributed by atoms with Crippen LogP contribution in [0.25, 0.3) is 10.6 Å². The van der Waals surface area contributed by atoms with Gasteiger partial charge in [-0.2, -0.15) is 0 Å². The topological polar surface area (TPSA) is 35.0 Å². The predicted molar refractivity (Wildman–Crippen MR) is 91.5 cm³/mol. The number of hydrogen-bond acceptors (Lipinski definition) is 4. The van der Waals surface area contributed by atoms with Crippen molar-refractivity contribution >= 4 is 11.3 Å². The van der Waals surface area contributed by atoms with Crippen molar-refractivity contribution in [3.05, 3.63) is 29.3 Å². The molecule has 0 saturated heterocycles. The first-order valence-corrected chi connectivity index (χ1v) is 9.09. The third kappa shape index (κ3) is 3.49. The maximum atomic E-state index is 5.20. The average molecular weight is 316 g/mol. The van der Waals surface area contributed by atoms with Crippen LogP contribution in [-0.4, -0.2) is 17.3 Å². The van der Waals surface area contributed by atoms with Gasteiger partial charge in [-0.15, -0.1) is 10.2 Å². The Morgan fingerprint density at radius 2 is 1.82 bits per heavy atom. The fourth-order valence-electron chi connectivity index (χ4n) is 3.36. The van der Waals surface area contributed by atoms with E-state index >= 15 is 0 Å². The molecule has 0 amide bonds. The van der Waals surface area contributed by atoms with Gasteiger partial charge in [-0.25, -0.2) is 0 Å². The maximum Gasteiger partial charge on any atom is 0.147 e. The van der Waals surface area contributed by atoms with E-state index in [4.69, 9.17) is 4.74 Å². The SMILES string of the molecule is CCCC1CCC(c2nnc(-c3ccc(OC)cc3)s2)CC1. The standard InChI is InChI=1S/C18H24N2OS/c1-3-4-13-5-7-14(8-6-13)17-19-20-18(22-17)15-9-11-16(21-2)12-10-15/h9-14H,3-8H2,1-2H3. The molecule has 1 saturated carbocycles. The molecule has 0 bridgehead atoms. The van der Waals surface area contributed by atoms with Gasteiger partial charge in [0.1, 0.15) is 15.8 Å². The summed E-state index contributed by atoms with van der Waals surface area (Å²) in [6.07, 6.45) is 7.98. The number of nitrogens with zero attached hydrogens (tertiary/aromatic N) is 2. The summed E-state index contributed by atoms with van der Waals surface area (Å²) in [4.78, 5) is 0. The van der Waals surface area contributed by atoms with Crippen LogP contribution >= 0.6 is 11.3 Å². The number of methoxy groups -OCH3 is 1. The van der Waals surface area contributed by atoms with Gasteiger partial charge in [0.15, 0.2) is 0 Å². The van der Waals surface area contributed by atoms with E-state index in [2.05, 4.69) is 29.3 Å². The van der Waals surface area contributed by atoms with Crippen LogP contribution in [0.4, 0.5) is 0 Å². The Hall–Kier alpha value is -1.42. The van der Waals surface area contributed by atoms with Crippen LogP contribution in [0.5, 0.6) is 5.75 Å². The Morgan fingerprint density at radius 1 is 1.09 bits per heavy atom. The van der Waals surface area contributed by atoms with E-state index in [9.17, 15) is 0 Å². The number of aromatic nitrogens is 2. The smallest absolute Gasteiger partial charge is 0.147 e. The summed E-state index contributed by atoms with van der Waals surface area (Å²) >= 11 is 1.76. The molecule has 0 aliphatic heterocycles. The molecule has 4 heteroatoms. The fourth-order valence-corrected chi connectivity index (χ4v) is 4.37. The lowest BCUT2D eigenvalue weighted by Crippen LogP contribution is -2.13. The second-order valence-electron chi connectivity index (χ2n) is 6.18. The molecule has 0 N–H and O–H groups in total. The van der Waals surface area contributed by atoms with Crippen molar-refractivity contribution in [2.24, 2.45) is 5.92 Å². The van der Waals surface area contributed by atoms with E-state index in [1.165, 1.54) is 43.5 Å². The predicted octanol–water partition coefficient (Wildman–Crippen LogP) is 5.29. The zero-order valence-electron chi connectivity index (χ0n) is 13.4. The molecule has 1 aliphatic carbocycles. The van der Waals surface area contributed by atoms with Gasteiger partial charge in [-0.3, -0.25) is 0 Å². The first-order valence-electron chi connectivity index (χ1n) is 8.28. The van der Waals surface area contributed by atoms with E-state index in [-0.39, 0.29) is 0 Å². The minimum Gasteiger partial charge on any atom is -0.497 e. The van der Waals surface area contributed by atoms with Gasteiger partial charge in [0.25, 0.3) is 0 Å². The van der Waals surface area contributed by atoms with Crippen LogP contribution in [0.15, 0.2) is 24.3 Å². The molecule has 0 unspecified atom stereocenters. The third-order valence-electron chi connectivity index (χ3n) is 4.67. The van der Waals surface area contributed by atoms with Gasteiger partial charge in [0.05, 0.1) is 7.11 Å². The zero-order valence-corrected chi connectivity index (χ0v) is 14.2. The largest absolute Gasteiger partial charge is 0.497 e. The summed E-state index contributed by atoms with van der Waals surface area (Å²) in [5.41, 5.74) is 1.13. The van der Waals surface area contributed by atoms with Crippen molar-refractivity contribution in [2.75, 3.05) is 7.11 Å². The quantitative estimate of drug-likeness (QED) is 0.752. The van der Waals surface area contributed by atoms with E-state index < -0.39 is 0 Å². The highest BCUT2D eigenvalue weighted by Crippen LogP contribution is 2.39. The summed E-state index contributed by atoms with van der Waals surface area (Å²) < 4.78 is 5.20. The molecule has 1 heterocycles. The van der Waals surface area contributed by atoms with Crippen LogP contribution in [0.2, 0.25) is 0 Å². The molecule has 22 heavy (non-hydrogen) atoms. The van der Waals surface area contributed by atoms with Crippen molar-refractivity contribution in [1.29, 1.82) is 0 Å². The monoisotopic (exact) mass is 316 g/mol. The Balaban J connectivity index is 1.66. The van der Waals surface area contributed by atoms with E-state index in [1.54, 1.807) is 18.4 Å². The molecular formula is C18H24N2OS. The lowest BCUT2D eigenvalue weighted by Gasteiger charge is -2.26. The normalized spacial score (nSPS) is 21.7. The molecule has 1 aromatic carbocycles. The summed E-state index contributed by atoms with van der Waals surface area (Å²) in [6, 6.07) is 8.07. The molecule has 0 radical (unpaired) electrons. The lowest BCUT2D eigenvalue weighted by atomic mass is 9.80. The van der Waals surface area contributed by atoms with Crippen molar-refractivity contribution in [1.82, 2.24) is 10.2 Å². The zero-order chi connectivity index (χ0) is 15.4. The van der Waals surface area contributed by atoms with Crippen molar-refractivity contribution in [3.63, 3.8) is 0 Å². The van der Waals surface area contributed by atoms with Gasteiger partial charge in [-0.1, -0.05) is 31.1 Å². The van der Waals surface area contributed by atoms with Gasteiger partial charge in [0, 0.05) is 11.5 Å². The van der Waals surface area contributed by atoms with Crippen molar-refractivity contribution in [3.8, 4) is 16.3 Å². The van der Waals surface area contributed by atoms with Gasteiger partial charge in [-0.05, 0) is 55.9 Å². The highest BCUT2D eigenvalue weighted by atomic mass is 32.1. The molecule has 118 valence electrons. The van der Waals surface area contributed by atoms with Crippen LogP contribution in [-0.2, 0) is 0 Å². The van der Waals surface area contributed by atoms with Crippen LogP contribution in [0.3, 0.4) is 0 Å². The first kappa shape index (κ1) is 15.5. The Kier molecular flexibility index (Phi) is 5.08. The minimum atomic E-state index is 0.623. The molecule has 0 spiro atoms. The molecule has 1 aromatic heterocycles. The second kappa shape index (κ2) is 7.23. The van der Waals surface area contributed by atoms with E-state index in [0.29, 0.717) is 5.92 Å². The highest BCUT2D eigenvalue weighted by molar-refractivity contribution is 7.14. The Bertz CT molecular complexity index is 585. The van der Waals surface area contributed by atoms with Gasteiger partial charge < -0.3 is 4.74 Å². The molecule has 2 aromatic rings. The highest BCUT2D eigenvalue weighted by Gasteiger charge is 2.24. The summed E-state index contributed by atoms with van der Waals surface area (Å²) in [5, 5.41) is 11.1. The molecular weight excluding hydrogens is 292 g/mol. The number of ether oxygens (including phenoxy) is 1. The molecule has 1 fully saturated rings. The van der Waals surface area contributed by atoms with Crippen molar-refractivity contribution in [2.45, 2.75) is 51.4 Å². The minimum absolute atomic E-state index is 0.623. The van der Waals surface area contributed by atoms with E-state index in [1.807, 2.05) is 12.1 Å². The van der Waals surface area contributed by atoms with Crippen molar-refractivity contribution < 1.29 is 4.74 Å². The number of rotatable bonds is 5. The van der Waals surface area contributed by atoms with Crippen LogP contribution in [0, 0.1) is 5.92 Å². The number of hydrogen-bond donors (Lipinski definition) is 0. The first-order chi connectivity index (χ1) is 10.8. The summed E-state index contributed by atoms with van der Waals surface area (Å²) in [7, 11) is 1.69. The summed E-state index contributed by atoms with van der Waals surface area (Å²) in [5.74, 6) is 2.44. The summed E-state index contributed by atoms with van der Waals surface area (Å²) in [6.45, 7) is 2.29. The molecule has 3 nitrogen and oxygen atoms in total. The third-order valence-corrected chi connectivity index (χ3v) is 5.81. The van der Waals surface area contributed by atoms with Crippen LogP contribution < -0.4 is 4.74 Å². The second-order valence-corrected chi connectivity index (χ2v) is 7.19. The van der Waals surface area contributed by atoms with E-state index in [0.717, 1.165) is 22.2 Å². The lowest BCUT2D eigenvalue weighted by molar-refractivity contribution is 0.307. The number of benzene rings is 1. The Morgan fingerprint density at radius 3 is 2.45 bits per heavy atom. The maximum absolute atomic E-state index is 5.20.